The van der Waals surface area contributed by atoms with Crippen LogP contribution in [-0.2, 0) is 23.6 Å². The van der Waals surface area contributed by atoms with Gasteiger partial charge in [0.15, 0.2) is 0 Å². The van der Waals surface area contributed by atoms with Crippen LogP contribution in [0.4, 0.5) is 0 Å². The van der Waals surface area contributed by atoms with E-state index in [9.17, 15) is 8.42 Å². The molecule has 2 rings (SSSR count). The van der Waals surface area contributed by atoms with E-state index < -0.39 is 10.0 Å². The molecule has 1 aromatic heterocycles. The van der Waals surface area contributed by atoms with Gasteiger partial charge in [0.05, 0.1) is 17.1 Å². The second-order valence-corrected chi connectivity index (χ2v) is 5.81. The van der Waals surface area contributed by atoms with Crippen molar-refractivity contribution in [2.24, 2.45) is 7.05 Å². The molecule has 96 valence electrons. The Labute approximate surface area is 107 Å². The fourth-order valence-corrected chi connectivity index (χ4v) is 2.59. The van der Waals surface area contributed by atoms with Crippen molar-refractivity contribution >= 4 is 10.0 Å². The molecule has 0 atom stereocenters. The Kier molecular flexibility index (Phi) is 3.49. The number of sulfonamides is 1. The summed E-state index contributed by atoms with van der Waals surface area (Å²) < 4.78 is 28.1. The maximum Gasteiger partial charge on any atom is 0.240 e. The average Bonchev–Trinajstić information content (AvgIpc) is 2.68. The van der Waals surface area contributed by atoms with E-state index >= 15 is 0 Å². The van der Waals surface area contributed by atoms with Gasteiger partial charge in [-0.05, 0) is 25.1 Å². The fourth-order valence-electron chi connectivity index (χ4n) is 1.57. The Morgan fingerprint density at radius 2 is 1.94 bits per heavy atom. The molecule has 0 saturated carbocycles. The van der Waals surface area contributed by atoms with Gasteiger partial charge in [-0.15, -0.1) is 0 Å². The zero-order valence-corrected chi connectivity index (χ0v) is 11.1. The number of benzene rings is 1. The van der Waals surface area contributed by atoms with Crippen LogP contribution in [0.25, 0.3) is 0 Å². The number of nitrogens with zero attached hydrogens (tertiary/aromatic N) is 2. The molecule has 6 heteroatoms. The molecule has 0 aliphatic heterocycles. The van der Waals surface area contributed by atoms with Crippen molar-refractivity contribution in [3.05, 3.63) is 47.8 Å². The minimum absolute atomic E-state index is 0.193. The number of aromatic nitrogens is 2. The maximum atomic E-state index is 12.0. The number of rotatable bonds is 4. The van der Waals surface area contributed by atoms with Gasteiger partial charge in [0.25, 0.3) is 0 Å². The zero-order chi connectivity index (χ0) is 13.2. The summed E-state index contributed by atoms with van der Waals surface area (Å²) in [7, 11) is -1.64. The van der Waals surface area contributed by atoms with Crippen molar-refractivity contribution in [3.63, 3.8) is 0 Å². The van der Waals surface area contributed by atoms with Crippen molar-refractivity contribution in [2.75, 3.05) is 0 Å². The molecule has 0 fully saturated rings. The van der Waals surface area contributed by atoms with Crippen LogP contribution in [0.3, 0.4) is 0 Å². The first-order valence-corrected chi connectivity index (χ1v) is 7.01. The van der Waals surface area contributed by atoms with Gasteiger partial charge in [-0.2, -0.15) is 5.10 Å². The van der Waals surface area contributed by atoms with Crippen molar-refractivity contribution in [2.45, 2.75) is 18.4 Å². The molecule has 18 heavy (non-hydrogen) atoms. The summed E-state index contributed by atoms with van der Waals surface area (Å²) in [5.74, 6) is 0. The molecule has 0 spiro atoms. The van der Waals surface area contributed by atoms with E-state index in [4.69, 9.17) is 0 Å². The minimum atomic E-state index is -3.46. The Balaban J connectivity index is 2.10. The highest BCUT2D eigenvalue weighted by Gasteiger charge is 2.13. The normalized spacial score (nSPS) is 11.7. The Morgan fingerprint density at radius 1 is 1.28 bits per heavy atom. The van der Waals surface area contributed by atoms with E-state index in [0.717, 1.165) is 5.69 Å². The lowest BCUT2D eigenvalue weighted by Gasteiger charge is -2.04. The topological polar surface area (TPSA) is 64.0 Å². The largest absolute Gasteiger partial charge is 0.273 e. The molecule has 2 aromatic rings. The highest BCUT2D eigenvalue weighted by atomic mass is 32.2. The first-order chi connectivity index (χ1) is 8.49. The van der Waals surface area contributed by atoms with Crippen LogP contribution in [0.1, 0.15) is 11.4 Å². The third-order valence-electron chi connectivity index (χ3n) is 2.66. The van der Waals surface area contributed by atoms with Crippen LogP contribution in [-0.4, -0.2) is 18.2 Å². The Morgan fingerprint density at radius 3 is 2.50 bits per heavy atom. The van der Waals surface area contributed by atoms with Gasteiger partial charge in [-0.25, -0.2) is 13.1 Å². The van der Waals surface area contributed by atoms with Gasteiger partial charge in [0, 0.05) is 12.7 Å². The lowest BCUT2D eigenvalue weighted by Crippen LogP contribution is -2.23. The van der Waals surface area contributed by atoms with E-state index in [1.165, 1.54) is 0 Å². The summed E-state index contributed by atoms with van der Waals surface area (Å²) in [4.78, 5) is 0.262. The van der Waals surface area contributed by atoms with Crippen molar-refractivity contribution in [3.8, 4) is 0 Å². The molecule has 0 saturated heterocycles. The quantitative estimate of drug-likeness (QED) is 0.903. The summed E-state index contributed by atoms with van der Waals surface area (Å²) in [6, 6.07) is 10.1. The highest BCUT2D eigenvalue weighted by molar-refractivity contribution is 7.89. The highest BCUT2D eigenvalue weighted by Crippen LogP contribution is 2.08. The monoisotopic (exact) mass is 265 g/mol. The third-order valence-corrected chi connectivity index (χ3v) is 4.08. The molecule has 1 heterocycles. The van der Waals surface area contributed by atoms with Crippen LogP contribution in [0.5, 0.6) is 0 Å². The summed E-state index contributed by atoms with van der Waals surface area (Å²) in [5, 5.41) is 4.20. The molecular formula is C12H15N3O2S. The molecule has 5 nitrogen and oxygen atoms in total. The molecule has 0 unspecified atom stereocenters. The van der Waals surface area contributed by atoms with Gasteiger partial charge in [-0.3, -0.25) is 4.68 Å². The van der Waals surface area contributed by atoms with E-state index in [1.807, 2.05) is 20.0 Å². The molecule has 1 aromatic carbocycles. The smallest absolute Gasteiger partial charge is 0.240 e. The maximum absolute atomic E-state index is 12.0. The zero-order valence-electron chi connectivity index (χ0n) is 10.3. The molecule has 0 aliphatic rings. The minimum Gasteiger partial charge on any atom is -0.273 e. The molecule has 1 N–H and O–H groups in total. The van der Waals surface area contributed by atoms with Gasteiger partial charge in [0.2, 0.25) is 10.0 Å². The molecular weight excluding hydrogens is 250 g/mol. The second-order valence-electron chi connectivity index (χ2n) is 4.04. The van der Waals surface area contributed by atoms with E-state index in [1.54, 1.807) is 35.0 Å². The number of hydrogen-bond acceptors (Lipinski definition) is 3. The van der Waals surface area contributed by atoms with E-state index in [-0.39, 0.29) is 11.4 Å². The summed E-state index contributed by atoms with van der Waals surface area (Å²) >= 11 is 0. The number of nitrogens with one attached hydrogen (secondary N) is 1. The van der Waals surface area contributed by atoms with Crippen LogP contribution in [0.2, 0.25) is 0 Å². The van der Waals surface area contributed by atoms with Gasteiger partial charge in [0.1, 0.15) is 0 Å². The average molecular weight is 265 g/mol. The fraction of sp³-hybridized carbons (Fsp3) is 0.250. The SMILES string of the molecule is Cc1cc(CNS(=O)(=O)c2ccccc2)nn1C. The van der Waals surface area contributed by atoms with E-state index in [2.05, 4.69) is 9.82 Å². The molecule has 0 aliphatic carbocycles. The molecule has 0 radical (unpaired) electrons. The summed E-state index contributed by atoms with van der Waals surface area (Å²) in [6.45, 7) is 2.11. The first-order valence-electron chi connectivity index (χ1n) is 5.53. The summed E-state index contributed by atoms with van der Waals surface area (Å²) in [5.41, 5.74) is 1.69. The lowest BCUT2D eigenvalue weighted by molar-refractivity contribution is 0.579. The van der Waals surface area contributed by atoms with Gasteiger partial charge < -0.3 is 0 Å². The van der Waals surface area contributed by atoms with Gasteiger partial charge >= 0.3 is 0 Å². The Bertz CT molecular complexity index is 613. The van der Waals surface area contributed by atoms with Crippen LogP contribution in [0, 0.1) is 6.92 Å². The standard InChI is InChI=1S/C12H15N3O2S/c1-10-8-11(14-15(10)2)9-13-18(16,17)12-6-4-3-5-7-12/h3-8,13H,9H2,1-2H3. The van der Waals surface area contributed by atoms with Crippen LogP contribution < -0.4 is 4.72 Å². The number of hydrogen-bond donors (Lipinski definition) is 1. The predicted octanol–water partition coefficient (Wildman–Crippen LogP) is 1.21. The third kappa shape index (κ3) is 2.77. The van der Waals surface area contributed by atoms with Crippen molar-refractivity contribution in [1.29, 1.82) is 0 Å². The number of aryl methyl sites for hydroxylation is 2. The van der Waals surface area contributed by atoms with Crippen LogP contribution >= 0.6 is 0 Å². The molecule has 0 bridgehead atoms. The predicted molar refractivity (Wildman–Crippen MR) is 68.4 cm³/mol. The second kappa shape index (κ2) is 4.91. The van der Waals surface area contributed by atoms with Crippen molar-refractivity contribution < 1.29 is 8.42 Å². The first kappa shape index (κ1) is 12.8. The van der Waals surface area contributed by atoms with Gasteiger partial charge in [-0.1, -0.05) is 18.2 Å². The Hall–Kier alpha value is -1.66. The van der Waals surface area contributed by atoms with Crippen LogP contribution in [0.15, 0.2) is 41.3 Å². The summed E-state index contributed by atoms with van der Waals surface area (Å²) in [6.07, 6.45) is 0. The van der Waals surface area contributed by atoms with E-state index in [0.29, 0.717) is 5.69 Å². The lowest BCUT2D eigenvalue weighted by atomic mass is 10.4. The van der Waals surface area contributed by atoms with Crippen molar-refractivity contribution in [1.82, 2.24) is 14.5 Å². The molecule has 0 amide bonds.